The Hall–Kier alpha value is -1.39. The van der Waals surface area contributed by atoms with E-state index in [1.807, 2.05) is 26.0 Å². The third-order valence-corrected chi connectivity index (χ3v) is 7.14. The van der Waals surface area contributed by atoms with Crippen LogP contribution in [0.5, 0.6) is 0 Å². The van der Waals surface area contributed by atoms with E-state index in [1.54, 1.807) is 0 Å². The summed E-state index contributed by atoms with van der Waals surface area (Å²) >= 11 is 0. The van der Waals surface area contributed by atoms with Gasteiger partial charge in [0.2, 0.25) is 0 Å². The number of amides is 1. The van der Waals surface area contributed by atoms with Gasteiger partial charge in [-0.1, -0.05) is 0 Å². The topological polar surface area (TPSA) is 52.9 Å². The summed E-state index contributed by atoms with van der Waals surface area (Å²) in [6.07, 6.45) is 3.21. The highest BCUT2D eigenvalue weighted by atomic mass is 31.1. The maximum atomic E-state index is 12.7. The zero-order valence-electron chi connectivity index (χ0n) is 12.6. The molecule has 0 atom stereocenters. The fraction of sp³-hybridized carbons (Fsp3) is 0.500. The Morgan fingerprint density at radius 2 is 1.85 bits per heavy atom. The number of aryl methyl sites for hydroxylation is 2. The van der Waals surface area contributed by atoms with Gasteiger partial charge in [0.25, 0.3) is 5.91 Å². The van der Waals surface area contributed by atoms with Crippen LogP contribution in [-0.4, -0.2) is 24.4 Å². The molecule has 1 aromatic carbocycles. The van der Waals surface area contributed by atoms with Crippen LogP contribution in [0.3, 0.4) is 0 Å². The first-order valence-electron chi connectivity index (χ1n) is 7.04. The second-order valence-electron chi connectivity index (χ2n) is 5.99. The first kappa shape index (κ1) is 15.0. The molecule has 1 aliphatic carbocycles. The van der Waals surface area contributed by atoms with Gasteiger partial charge in [0.05, 0.1) is 11.6 Å². The molecule has 1 saturated carbocycles. The van der Waals surface area contributed by atoms with E-state index < -0.39 is 7.92 Å². The predicted molar refractivity (Wildman–Crippen MR) is 86.0 cm³/mol. The number of carbonyl (C=O) groups excluding carboxylic acids is 1. The molecule has 0 unspecified atom stereocenters. The molecule has 0 radical (unpaired) electrons. The Labute approximate surface area is 122 Å². The zero-order valence-corrected chi connectivity index (χ0v) is 13.6. The minimum Gasteiger partial charge on any atom is -0.322 e. The third kappa shape index (κ3) is 2.45. The standard InChI is InChI=1S/C16H21N2OP/c1-11-8-13(10-17)9-12(2)14(11)18-15(19)16(20(3)4)6-5-7-16/h8-9H,5-7H2,1-4H3,(H,18,19)/p+1. The van der Waals surface area contributed by atoms with Crippen molar-refractivity contribution in [1.29, 1.82) is 5.26 Å². The number of nitrogens with one attached hydrogen (secondary N) is 1. The Morgan fingerprint density at radius 3 is 2.20 bits per heavy atom. The van der Waals surface area contributed by atoms with Crippen LogP contribution in [0.4, 0.5) is 5.69 Å². The molecule has 0 heterocycles. The van der Waals surface area contributed by atoms with Gasteiger partial charge >= 0.3 is 0 Å². The molecule has 0 saturated heterocycles. The SMILES string of the molecule is Cc1cc(C#N)cc(C)c1NC(=O)C1([PH+](C)C)CCC1. The van der Waals surface area contributed by atoms with Crippen LogP contribution in [0.1, 0.15) is 36.0 Å². The van der Waals surface area contributed by atoms with Crippen LogP contribution in [0.15, 0.2) is 12.1 Å². The maximum Gasteiger partial charge on any atom is 0.267 e. The first-order valence-corrected chi connectivity index (χ1v) is 9.54. The van der Waals surface area contributed by atoms with E-state index in [0.29, 0.717) is 5.56 Å². The Bertz CT molecular complexity index is 560. The maximum absolute atomic E-state index is 12.7. The molecule has 1 aliphatic rings. The van der Waals surface area contributed by atoms with Crippen LogP contribution >= 0.6 is 7.92 Å². The summed E-state index contributed by atoms with van der Waals surface area (Å²) in [5.74, 6) is 0.179. The third-order valence-electron chi connectivity index (χ3n) is 4.50. The lowest BCUT2D eigenvalue weighted by Crippen LogP contribution is -2.46. The number of carbonyl (C=O) groups is 1. The average molecular weight is 289 g/mol. The molecule has 0 aromatic heterocycles. The summed E-state index contributed by atoms with van der Waals surface area (Å²) in [4.78, 5) is 12.7. The van der Waals surface area contributed by atoms with Crippen molar-refractivity contribution < 1.29 is 4.79 Å². The molecular formula is C16H22N2OP+. The fourth-order valence-corrected chi connectivity index (χ4v) is 4.81. The number of nitriles is 1. The fourth-order valence-electron chi connectivity index (χ4n) is 2.94. The van der Waals surface area contributed by atoms with E-state index in [1.165, 1.54) is 0 Å². The van der Waals surface area contributed by atoms with Gasteiger partial charge in [-0.25, -0.2) is 0 Å². The number of rotatable bonds is 3. The van der Waals surface area contributed by atoms with Crippen LogP contribution in [-0.2, 0) is 4.79 Å². The molecule has 3 nitrogen and oxygen atoms in total. The monoisotopic (exact) mass is 289 g/mol. The van der Waals surface area contributed by atoms with E-state index in [9.17, 15) is 4.79 Å². The molecule has 0 spiro atoms. The van der Waals surface area contributed by atoms with Crippen molar-refractivity contribution in [2.75, 3.05) is 18.6 Å². The number of benzene rings is 1. The number of nitrogens with zero attached hydrogens (tertiary/aromatic N) is 1. The number of anilines is 1. The highest BCUT2D eigenvalue weighted by Crippen LogP contribution is 2.56. The highest BCUT2D eigenvalue weighted by Gasteiger charge is 2.52. The quantitative estimate of drug-likeness (QED) is 0.866. The van der Waals surface area contributed by atoms with E-state index in [-0.39, 0.29) is 11.1 Å². The Kier molecular flexibility index (Phi) is 4.16. The van der Waals surface area contributed by atoms with Gasteiger partial charge < -0.3 is 5.32 Å². The second-order valence-corrected chi connectivity index (χ2v) is 8.94. The van der Waals surface area contributed by atoms with E-state index in [0.717, 1.165) is 36.1 Å². The molecule has 1 amide bonds. The minimum atomic E-state index is -0.656. The number of hydrogen-bond donors (Lipinski definition) is 1. The zero-order chi connectivity index (χ0) is 14.9. The van der Waals surface area contributed by atoms with Gasteiger partial charge in [0.1, 0.15) is 0 Å². The molecule has 1 aromatic rings. The van der Waals surface area contributed by atoms with Gasteiger partial charge in [-0.15, -0.1) is 0 Å². The summed E-state index contributed by atoms with van der Waals surface area (Å²) in [5, 5.41) is 12.0. The van der Waals surface area contributed by atoms with Gasteiger partial charge in [-0.3, -0.25) is 4.79 Å². The molecular weight excluding hydrogens is 267 g/mol. The lowest BCUT2D eigenvalue weighted by Gasteiger charge is -2.38. The van der Waals surface area contributed by atoms with Crippen molar-refractivity contribution in [2.45, 2.75) is 38.3 Å². The van der Waals surface area contributed by atoms with Crippen LogP contribution in [0.25, 0.3) is 0 Å². The summed E-state index contributed by atoms with van der Waals surface area (Å²) in [6.45, 7) is 8.34. The molecule has 20 heavy (non-hydrogen) atoms. The van der Waals surface area contributed by atoms with Crippen LogP contribution in [0.2, 0.25) is 0 Å². The van der Waals surface area contributed by atoms with Crippen molar-refractivity contribution in [3.63, 3.8) is 0 Å². The number of hydrogen-bond acceptors (Lipinski definition) is 2. The van der Waals surface area contributed by atoms with Gasteiger partial charge in [0.15, 0.2) is 5.16 Å². The van der Waals surface area contributed by atoms with Crippen molar-refractivity contribution in [2.24, 2.45) is 0 Å². The lowest BCUT2D eigenvalue weighted by molar-refractivity contribution is -0.120. The van der Waals surface area contributed by atoms with Crippen LogP contribution in [0, 0.1) is 25.2 Å². The molecule has 0 aliphatic heterocycles. The average Bonchev–Trinajstić information content (AvgIpc) is 2.31. The van der Waals surface area contributed by atoms with Crippen LogP contribution < -0.4 is 5.32 Å². The van der Waals surface area contributed by atoms with E-state index in [4.69, 9.17) is 5.26 Å². The van der Waals surface area contributed by atoms with Gasteiger partial charge in [-0.2, -0.15) is 5.26 Å². The molecule has 106 valence electrons. The highest BCUT2D eigenvalue weighted by molar-refractivity contribution is 7.59. The summed E-state index contributed by atoms with van der Waals surface area (Å²) in [5.41, 5.74) is 3.45. The molecule has 1 fully saturated rings. The minimum absolute atomic E-state index is 0.0998. The molecule has 2 rings (SSSR count). The van der Waals surface area contributed by atoms with Crippen molar-refractivity contribution in [3.8, 4) is 6.07 Å². The summed E-state index contributed by atoms with van der Waals surface area (Å²) in [7, 11) is -0.656. The van der Waals surface area contributed by atoms with Gasteiger partial charge in [-0.05, 0) is 56.4 Å². The summed E-state index contributed by atoms with van der Waals surface area (Å²) < 4.78 is 0. The molecule has 0 bridgehead atoms. The normalized spacial score (nSPS) is 16.4. The Morgan fingerprint density at radius 1 is 1.30 bits per heavy atom. The van der Waals surface area contributed by atoms with Crippen molar-refractivity contribution in [3.05, 3.63) is 28.8 Å². The lowest BCUT2D eigenvalue weighted by atomic mass is 9.83. The van der Waals surface area contributed by atoms with Gasteiger partial charge in [0, 0.05) is 26.9 Å². The second kappa shape index (κ2) is 5.54. The first-order chi connectivity index (χ1) is 9.40. The van der Waals surface area contributed by atoms with Crippen molar-refractivity contribution in [1.82, 2.24) is 0 Å². The molecule has 4 heteroatoms. The smallest absolute Gasteiger partial charge is 0.267 e. The van der Waals surface area contributed by atoms with E-state index >= 15 is 0 Å². The Balaban J connectivity index is 2.27. The largest absolute Gasteiger partial charge is 0.322 e. The molecule has 1 N–H and O–H groups in total. The van der Waals surface area contributed by atoms with E-state index in [2.05, 4.69) is 24.7 Å². The predicted octanol–water partition coefficient (Wildman–Crippen LogP) is 3.51. The van der Waals surface area contributed by atoms with Crippen molar-refractivity contribution >= 4 is 19.5 Å². The summed E-state index contributed by atoms with van der Waals surface area (Å²) in [6, 6.07) is 5.82.